The molecule has 0 aliphatic heterocycles. The number of carbonyl (C=O) groups excluding carboxylic acids is 1. The summed E-state index contributed by atoms with van der Waals surface area (Å²) in [6, 6.07) is 11.5. The maximum atomic E-state index is 13.6. The summed E-state index contributed by atoms with van der Waals surface area (Å²) in [7, 11) is -1.11. The van der Waals surface area contributed by atoms with E-state index in [0.29, 0.717) is 18.0 Å². The number of aryl methyl sites for hydroxylation is 1. The second-order valence-corrected chi connectivity index (χ2v) is 8.75. The Labute approximate surface area is 179 Å². The number of amides is 1. The third kappa shape index (κ3) is 5.89. The van der Waals surface area contributed by atoms with Crippen LogP contribution in [-0.4, -0.2) is 41.6 Å². The number of methoxy groups -OCH3 is 2. The average Bonchev–Trinajstić information content (AvgIpc) is 2.75. The Morgan fingerprint density at radius 1 is 1.03 bits per heavy atom. The van der Waals surface area contributed by atoms with Crippen molar-refractivity contribution in [2.45, 2.75) is 38.0 Å². The first kappa shape index (κ1) is 23.5. The Kier molecular flexibility index (Phi) is 8.53. The highest BCUT2D eigenvalue weighted by Gasteiger charge is 2.30. The molecule has 1 N–H and O–H groups in total. The summed E-state index contributed by atoms with van der Waals surface area (Å²) < 4.78 is 38.7. The first-order valence-corrected chi connectivity index (χ1v) is 11.4. The molecule has 30 heavy (non-hydrogen) atoms. The monoisotopic (exact) mass is 434 g/mol. The molecule has 0 unspecified atom stereocenters. The van der Waals surface area contributed by atoms with E-state index in [9.17, 15) is 13.2 Å². The highest BCUT2D eigenvalue weighted by molar-refractivity contribution is 7.93. The largest absolute Gasteiger partial charge is 0.497 e. The van der Waals surface area contributed by atoms with Crippen LogP contribution >= 0.6 is 0 Å². The maximum Gasteiger partial charge on any atom is 0.268 e. The van der Waals surface area contributed by atoms with Gasteiger partial charge in [-0.15, -0.1) is 0 Å². The van der Waals surface area contributed by atoms with Crippen LogP contribution in [0.2, 0.25) is 0 Å². The Bertz CT molecular complexity index is 943. The molecular weight excluding hydrogens is 404 g/mol. The number of hydrogen-bond donors (Lipinski definition) is 1. The fraction of sp³-hybridized carbons (Fsp3) is 0.409. The molecule has 0 fully saturated rings. The highest BCUT2D eigenvalue weighted by Crippen LogP contribution is 2.31. The van der Waals surface area contributed by atoms with Crippen LogP contribution < -0.4 is 19.1 Å². The first-order chi connectivity index (χ1) is 14.3. The molecule has 0 aliphatic carbocycles. The van der Waals surface area contributed by atoms with Crippen molar-refractivity contribution in [3.05, 3.63) is 48.0 Å². The molecule has 2 aromatic carbocycles. The van der Waals surface area contributed by atoms with E-state index >= 15 is 0 Å². The van der Waals surface area contributed by atoms with Crippen LogP contribution in [0.4, 0.5) is 5.69 Å². The van der Waals surface area contributed by atoms with E-state index in [1.165, 1.54) is 14.2 Å². The summed E-state index contributed by atoms with van der Waals surface area (Å²) >= 11 is 0. The Morgan fingerprint density at radius 2 is 1.73 bits per heavy atom. The minimum Gasteiger partial charge on any atom is -0.497 e. The lowest BCUT2D eigenvalue weighted by molar-refractivity contribution is -0.119. The summed E-state index contributed by atoms with van der Waals surface area (Å²) in [5, 5.41) is 2.80. The van der Waals surface area contributed by atoms with Crippen LogP contribution in [0.1, 0.15) is 31.7 Å². The van der Waals surface area contributed by atoms with Gasteiger partial charge >= 0.3 is 0 Å². The predicted molar refractivity (Wildman–Crippen MR) is 118 cm³/mol. The van der Waals surface area contributed by atoms with Crippen molar-refractivity contribution < 1.29 is 22.7 Å². The Morgan fingerprint density at radius 3 is 2.33 bits per heavy atom. The SMILES string of the molecule is CCCCCNC(=O)CN(c1ccc(OC)cc1)S(=O)(=O)c1cc(C)ccc1OC. The number of hydrogen-bond acceptors (Lipinski definition) is 5. The minimum atomic E-state index is -4.06. The van der Waals surface area contributed by atoms with Crippen molar-refractivity contribution in [2.24, 2.45) is 0 Å². The third-order valence-electron chi connectivity index (χ3n) is 4.64. The number of nitrogens with zero attached hydrogens (tertiary/aromatic N) is 1. The molecule has 0 radical (unpaired) electrons. The quantitative estimate of drug-likeness (QED) is 0.547. The highest BCUT2D eigenvalue weighted by atomic mass is 32.2. The summed E-state index contributed by atoms with van der Waals surface area (Å²) in [5.41, 5.74) is 1.14. The zero-order valence-corrected chi connectivity index (χ0v) is 18.8. The van der Waals surface area contributed by atoms with E-state index in [0.717, 1.165) is 29.1 Å². The van der Waals surface area contributed by atoms with E-state index in [1.54, 1.807) is 49.4 Å². The number of ether oxygens (including phenoxy) is 2. The van der Waals surface area contributed by atoms with Crippen molar-refractivity contribution in [2.75, 3.05) is 31.6 Å². The molecule has 0 spiro atoms. The van der Waals surface area contributed by atoms with Gasteiger partial charge in [0.05, 0.1) is 19.9 Å². The number of anilines is 1. The Balaban J connectivity index is 2.41. The van der Waals surface area contributed by atoms with Crippen molar-refractivity contribution in [3.8, 4) is 11.5 Å². The molecule has 0 saturated heterocycles. The van der Waals surface area contributed by atoms with Crippen molar-refractivity contribution in [1.29, 1.82) is 0 Å². The molecule has 0 saturated carbocycles. The molecule has 0 heterocycles. The number of nitrogens with one attached hydrogen (secondary N) is 1. The van der Waals surface area contributed by atoms with Gasteiger partial charge in [-0.1, -0.05) is 25.8 Å². The maximum absolute atomic E-state index is 13.6. The van der Waals surface area contributed by atoms with E-state index in [4.69, 9.17) is 9.47 Å². The molecule has 0 aromatic heterocycles. The lowest BCUT2D eigenvalue weighted by Crippen LogP contribution is -2.41. The van der Waals surface area contributed by atoms with Gasteiger partial charge < -0.3 is 14.8 Å². The molecule has 7 nitrogen and oxygen atoms in total. The van der Waals surface area contributed by atoms with E-state index in [1.807, 2.05) is 0 Å². The number of carbonyl (C=O) groups is 1. The Hall–Kier alpha value is -2.74. The van der Waals surface area contributed by atoms with Crippen molar-refractivity contribution in [3.63, 3.8) is 0 Å². The fourth-order valence-corrected chi connectivity index (χ4v) is 4.62. The van der Waals surface area contributed by atoms with Crippen molar-refractivity contribution >= 4 is 21.6 Å². The molecule has 0 atom stereocenters. The molecule has 8 heteroatoms. The molecule has 1 amide bonds. The van der Waals surface area contributed by atoms with Crippen molar-refractivity contribution in [1.82, 2.24) is 5.32 Å². The van der Waals surface area contributed by atoms with Gasteiger partial charge in [0.2, 0.25) is 5.91 Å². The summed E-state index contributed by atoms with van der Waals surface area (Å²) in [6.07, 6.45) is 2.89. The van der Waals surface area contributed by atoms with Gasteiger partial charge in [0.1, 0.15) is 22.9 Å². The van der Waals surface area contributed by atoms with Gasteiger partial charge in [-0.25, -0.2) is 8.42 Å². The van der Waals surface area contributed by atoms with Crippen LogP contribution in [0.25, 0.3) is 0 Å². The third-order valence-corrected chi connectivity index (χ3v) is 6.43. The van der Waals surface area contributed by atoms with Gasteiger partial charge in [0.25, 0.3) is 10.0 Å². The van der Waals surface area contributed by atoms with Gasteiger partial charge in [-0.2, -0.15) is 0 Å². The van der Waals surface area contributed by atoms with E-state index in [2.05, 4.69) is 12.2 Å². The fourth-order valence-electron chi connectivity index (χ4n) is 2.96. The molecule has 0 aliphatic rings. The smallest absolute Gasteiger partial charge is 0.268 e. The number of unbranched alkanes of at least 4 members (excludes halogenated alkanes) is 2. The second-order valence-electron chi connectivity index (χ2n) is 6.92. The van der Waals surface area contributed by atoms with Gasteiger partial charge in [-0.05, 0) is 55.3 Å². The molecule has 2 aromatic rings. The van der Waals surface area contributed by atoms with Gasteiger partial charge in [0, 0.05) is 6.54 Å². The summed E-state index contributed by atoms with van der Waals surface area (Å²) in [5.74, 6) is 0.452. The zero-order chi connectivity index (χ0) is 22.1. The first-order valence-electron chi connectivity index (χ1n) is 9.91. The molecule has 164 valence electrons. The van der Waals surface area contributed by atoms with Crippen LogP contribution in [0.3, 0.4) is 0 Å². The van der Waals surface area contributed by atoms with Crippen LogP contribution in [-0.2, 0) is 14.8 Å². The van der Waals surface area contributed by atoms with E-state index in [-0.39, 0.29) is 23.1 Å². The zero-order valence-electron chi connectivity index (χ0n) is 18.0. The van der Waals surface area contributed by atoms with Crippen LogP contribution in [0.15, 0.2) is 47.4 Å². The number of rotatable bonds is 11. The minimum absolute atomic E-state index is 0.0135. The number of sulfonamides is 1. The lowest BCUT2D eigenvalue weighted by Gasteiger charge is -2.25. The predicted octanol–water partition coefficient (Wildman–Crippen LogP) is 3.51. The standard InChI is InChI=1S/C22H30N2O5S/c1-5-6-7-14-23-22(25)16-24(18-9-11-19(28-3)12-10-18)30(26,27)21-15-17(2)8-13-20(21)29-4/h8-13,15H,5-7,14,16H2,1-4H3,(H,23,25). The normalized spacial score (nSPS) is 11.1. The molecular formula is C22H30N2O5S. The second kappa shape index (κ2) is 10.9. The average molecular weight is 435 g/mol. The topological polar surface area (TPSA) is 84.9 Å². The van der Waals surface area contributed by atoms with Crippen LogP contribution in [0.5, 0.6) is 11.5 Å². The van der Waals surface area contributed by atoms with E-state index < -0.39 is 10.0 Å². The molecule has 0 bridgehead atoms. The molecule has 2 rings (SSSR count). The number of benzene rings is 2. The summed E-state index contributed by atoms with van der Waals surface area (Å²) in [4.78, 5) is 12.6. The summed E-state index contributed by atoms with van der Waals surface area (Å²) in [6.45, 7) is 4.06. The lowest BCUT2D eigenvalue weighted by atomic mass is 10.2. The van der Waals surface area contributed by atoms with Crippen LogP contribution in [0, 0.1) is 6.92 Å². The van der Waals surface area contributed by atoms with Gasteiger partial charge in [0.15, 0.2) is 0 Å². The van der Waals surface area contributed by atoms with Gasteiger partial charge in [-0.3, -0.25) is 9.10 Å².